The predicted octanol–water partition coefficient (Wildman–Crippen LogP) is 1.58. The van der Waals surface area contributed by atoms with Gasteiger partial charge in [0.25, 0.3) is 0 Å². The number of hydrogen-bond donors (Lipinski definition) is 0. The van der Waals surface area contributed by atoms with Gasteiger partial charge >= 0.3 is 11.9 Å². The van der Waals surface area contributed by atoms with Gasteiger partial charge in [0.05, 0.1) is 0 Å². The normalized spacial score (nSPS) is 38.2. The van der Waals surface area contributed by atoms with Crippen LogP contribution in [0.3, 0.4) is 0 Å². The molecule has 0 aliphatic heterocycles. The summed E-state index contributed by atoms with van der Waals surface area (Å²) in [6.07, 6.45) is 2.00. The Morgan fingerprint density at radius 1 is 1.29 bits per heavy atom. The zero-order chi connectivity index (χ0) is 15.2. The van der Waals surface area contributed by atoms with Gasteiger partial charge < -0.3 is 9.47 Å². The first-order valence-corrected chi connectivity index (χ1v) is 7.45. The Hall–Kier alpha value is -1.46. The summed E-state index contributed by atoms with van der Waals surface area (Å²) in [4.78, 5) is 34.9. The second-order valence-electron chi connectivity index (χ2n) is 6.63. The highest BCUT2D eigenvalue weighted by atomic mass is 19.1. The molecule has 3 atom stereocenters. The number of ketones is 1. The highest BCUT2D eigenvalue weighted by Crippen LogP contribution is 2.55. The van der Waals surface area contributed by atoms with E-state index in [0.29, 0.717) is 24.5 Å². The van der Waals surface area contributed by atoms with E-state index >= 15 is 0 Å². The van der Waals surface area contributed by atoms with Crippen LogP contribution in [-0.2, 0) is 23.9 Å². The minimum absolute atomic E-state index is 0.0115. The van der Waals surface area contributed by atoms with E-state index in [4.69, 9.17) is 4.74 Å². The van der Waals surface area contributed by atoms with Gasteiger partial charge in [-0.25, -0.2) is 14.0 Å². The third kappa shape index (κ3) is 2.68. The second-order valence-corrected chi connectivity index (χ2v) is 6.63. The van der Waals surface area contributed by atoms with Crippen molar-refractivity contribution in [3.05, 3.63) is 0 Å². The minimum Gasteiger partial charge on any atom is -0.456 e. The molecule has 0 aromatic heterocycles. The molecule has 3 unspecified atom stereocenters. The molecule has 116 valence electrons. The molecule has 0 amide bonds. The lowest BCUT2D eigenvalue weighted by Gasteiger charge is -2.54. The largest absolute Gasteiger partial charge is 0.456 e. The van der Waals surface area contributed by atoms with Crippen molar-refractivity contribution in [2.24, 2.45) is 17.8 Å². The summed E-state index contributed by atoms with van der Waals surface area (Å²) in [6, 6.07) is 0. The van der Waals surface area contributed by atoms with Crippen molar-refractivity contribution in [1.29, 1.82) is 0 Å². The van der Waals surface area contributed by atoms with Gasteiger partial charge in [-0.1, -0.05) is 0 Å². The van der Waals surface area contributed by atoms with Gasteiger partial charge in [0.1, 0.15) is 11.4 Å². The van der Waals surface area contributed by atoms with E-state index in [1.807, 2.05) is 0 Å². The zero-order valence-corrected chi connectivity index (χ0v) is 12.0. The molecule has 4 bridgehead atoms. The molecule has 4 saturated carbocycles. The highest BCUT2D eigenvalue weighted by Gasteiger charge is 2.57. The van der Waals surface area contributed by atoms with Crippen LogP contribution in [0.4, 0.5) is 4.39 Å². The van der Waals surface area contributed by atoms with E-state index in [1.54, 1.807) is 0 Å². The van der Waals surface area contributed by atoms with Crippen LogP contribution in [0.1, 0.15) is 39.0 Å². The van der Waals surface area contributed by atoms with E-state index < -0.39 is 30.3 Å². The first-order chi connectivity index (χ1) is 9.88. The average molecular weight is 298 g/mol. The quantitative estimate of drug-likeness (QED) is 0.737. The number of rotatable bonds is 4. The Bertz CT molecular complexity index is 468. The van der Waals surface area contributed by atoms with E-state index in [-0.39, 0.29) is 11.8 Å². The molecule has 21 heavy (non-hydrogen) atoms. The predicted molar refractivity (Wildman–Crippen MR) is 68.9 cm³/mol. The highest BCUT2D eigenvalue weighted by molar-refractivity contribution is 5.86. The van der Waals surface area contributed by atoms with E-state index in [2.05, 4.69) is 4.74 Å². The lowest BCUT2D eigenvalue weighted by Crippen LogP contribution is -2.57. The van der Waals surface area contributed by atoms with Crippen LogP contribution in [0.5, 0.6) is 0 Å². The fourth-order valence-electron chi connectivity index (χ4n) is 4.32. The molecule has 4 aliphatic carbocycles. The van der Waals surface area contributed by atoms with Crippen molar-refractivity contribution in [2.75, 3.05) is 6.61 Å². The summed E-state index contributed by atoms with van der Waals surface area (Å²) in [5.74, 6) is -0.933. The first-order valence-electron chi connectivity index (χ1n) is 7.45. The Morgan fingerprint density at radius 3 is 2.48 bits per heavy atom. The molecule has 0 aromatic rings. The molecule has 0 spiro atoms. The standard InChI is InChI=1S/C15H19FO5/c1-8(16)14(19)20-7-12(17)21-15-4-9-2-10(5-15)13(18)11(3-9)6-15/h8-11H,2-7H2,1H3. The van der Waals surface area contributed by atoms with Crippen molar-refractivity contribution in [1.82, 2.24) is 0 Å². The maximum absolute atomic E-state index is 12.6. The van der Waals surface area contributed by atoms with Crippen LogP contribution in [0, 0.1) is 17.8 Å². The van der Waals surface area contributed by atoms with Crippen molar-refractivity contribution >= 4 is 17.7 Å². The van der Waals surface area contributed by atoms with Crippen LogP contribution in [0.25, 0.3) is 0 Å². The molecule has 0 radical (unpaired) electrons. The van der Waals surface area contributed by atoms with Crippen LogP contribution >= 0.6 is 0 Å². The van der Waals surface area contributed by atoms with Crippen molar-refractivity contribution in [3.8, 4) is 0 Å². The lowest BCUT2D eigenvalue weighted by atomic mass is 9.53. The molecule has 4 aliphatic rings. The summed E-state index contributed by atoms with van der Waals surface area (Å²) in [7, 11) is 0. The summed E-state index contributed by atoms with van der Waals surface area (Å²) in [5, 5.41) is 0. The number of carbonyl (C=O) groups excluding carboxylic acids is 3. The van der Waals surface area contributed by atoms with Gasteiger partial charge in [-0.3, -0.25) is 4.79 Å². The number of Topliss-reactive ketones (excluding diaryl/α,β-unsaturated/α-hetero) is 1. The van der Waals surface area contributed by atoms with Crippen LogP contribution in [0.2, 0.25) is 0 Å². The van der Waals surface area contributed by atoms with Gasteiger partial charge in [0.15, 0.2) is 12.8 Å². The minimum atomic E-state index is -1.75. The number of halogens is 1. The number of alkyl halides is 1. The van der Waals surface area contributed by atoms with Gasteiger partial charge in [0, 0.05) is 11.8 Å². The average Bonchev–Trinajstić information content (AvgIpc) is 2.40. The van der Waals surface area contributed by atoms with Crippen molar-refractivity contribution in [2.45, 2.75) is 50.8 Å². The summed E-state index contributed by atoms with van der Waals surface area (Å²) in [5.41, 5.74) is -0.574. The SMILES string of the molecule is CC(F)C(=O)OCC(=O)OC12CC3CC(C1)C(=O)C(C3)C2. The molecule has 5 nitrogen and oxygen atoms in total. The molecule has 6 heteroatoms. The lowest BCUT2D eigenvalue weighted by molar-refractivity contribution is -0.194. The van der Waals surface area contributed by atoms with Gasteiger partial charge in [-0.15, -0.1) is 0 Å². The first kappa shape index (κ1) is 14.5. The second kappa shape index (κ2) is 5.07. The molecular formula is C15H19FO5. The number of hydrogen-bond acceptors (Lipinski definition) is 5. The van der Waals surface area contributed by atoms with Gasteiger partial charge in [-0.2, -0.15) is 0 Å². The summed E-state index contributed by atoms with van der Waals surface area (Å²) >= 11 is 0. The Labute approximate surface area is 122 Å². The van der Waals surface area contributed by atoms with Crippen LogP contribution in [-0.4, -0.2) is 36.1 Å². The Kier molecular flexibility index (Phi) is 3.50. The number of ether oxygens (including phenoxy) is 2. The molecule has 0 heterocycles. The zero-order valence-electron chi connectivity index (χ0n) is 12.0. The topological polar surface area (TPSA) is 69.7 Å². The number of esters is 2. The van der Waals surface area contributed by atoms with Crippen LogP contribution in [0.15, 0.2) is 0 Å². The Balaban J connectivity index is 1.59. The third-order valence-electron chi connectivity index (χ3n) is 4.93. The van der Waals surface area contributed by atoms with Gasteiger partial charge in [0.2, 0.25) is 0 Å². The fourth-order valence-corrected chi connectivity index (χ4v) is 4.32. The third-order valence-corrected chi connectivity index (χ3v) is 4.93. The number of carbonyl (C=O) groups is 3. The van der Waals surface area contributed by atoms with Crippen molar-refractivity contribution < 1.29 is 28.2 Å². The maximum atomic E-state index is 12.6. The molecule has 4 rings (SSSR count). The summed E-state index contributed by atoms with van der Waals surface area (Å²) in [6.45, 7) is 0.487. The maximum Gasteiger partial charge on any atom is 0.344 e. The monoisotopic (exact) mass is 298 g/mol. The molecular weight excluding hydrogens is 279 g/mol. The van der Waals surface area contributed by atoms with Gasteiger partial charge in [-0.05, 0) is 44.9 Å². The van der Waals surface area contributed by atoms with Crippen molar-refractivity contribution in [3.63, 3.8) is 0 Å². The molecule has 4 fully saturated rings. The smallest absolute Gasteiger partial charge is 0.344 e. The van der Waals surface area contributed by atoms with E-state index in [9.17, 15) is 18.8 Å². The fraction of sp³-hybridized carbons (Fsp3) is 0.800. The Morgan fingerprint density at radius 2 is 1.90 bits per heavy atom. The van der Waals surface area contributed by atoms with Crippen LogP contribution < -0.4 is 0 Å². The molecule has 0 aromatic carbocycles. The molecule has 0 N–H and O–H groups in total. The van der Waals surface area contributed by atoms with E-state index in [0.717, 1.165) is 26.2 Å². The van der Waals surface area contributed by atoms with E-state index in [1.165, 1.54) is 0 Å². The summed E-state index contributed by atoms with van der Waals surface area (Å²) < 4.78 is 22.7. The molecule has 0 saturated heterocycles.